The zero-order valence-corrected chi connectivity index (χ0v) is 18.7. The molecule has 3 aromatic rings. The summed E-state index contributed by atoms with van der Waals surface area (Å²) in [6.45, 7) is 3.23. The number of aromatic nitrogens is 2. The number of rotatable bonds is 5. The summed E-state index contributed by atoms with van der Waals surface area (Å²) in [5.74, 6) is 0.621. The van der Waals surface area contributed by atoms with Crippen LogP contribution < -0.4 is 14.4 Å². The highest BCUT2D eigenvalue weighted by Gasteiger charge is 2.26. The Morgan fingerprint density at radius 2 is 1.97 bits per heavy atom. The van der Waals surface area contributed by atoms with E-state index in [-0.39, 0.29) is 0 Å². The number of halogens is 1. The van der Waals surface area contributed by atoms with Gasteiger partial charge in [0.05, 0.1) is 24.4 Å². The lowest BCUT2D eigenvalue weighted by atomic mass is 10.0. The third kappa shape index (κ3) is 3.90. The summed E-state index contributed by atoms with van der Waals surface area (Å²) in [6.07, 6.45) is 3.17. The Morgan fingerprint density at radius 1 is 1.13 bits per heavy atom. The molecule has 5 rings (SSSR count). The molecule has 1 atom stereocenters. The Bertz CT molecular complexity index is 1100. The zero-order chi connectivity index (χ0) is 21.4. The zero-order valence-electron chi connectivity index (χ0n) is 18.0. The van der Waals surface area contributed by atoms with Gasteiger partial charge in [0.2, 0.25) is 5.88 Å². The number of nitrogens with zero attached hydrogens (tertiary/aromatic N) is 4. The molecule has 1 unspecified atom stereocenters. The molecule has 2 aliphatic heterocycles. The van der Waals surface area contributed by atoms with Gasteiger partial charge in [-0.05, 0) is 50.4 Å². The van der Waals surface area contributed by atoms with Gasteiger partial charge in [-0.1, -0.05) is 35.9 Å². The molecule has 162 valence electrons. The molecule has 7 heteroatoms. The minimum Gasteiger partial charge on any atom is -0.481 e. The normalized spacial score (nSPS) is 18.9. The van der Waals surface area contributed by atoms with E-state index in [4.69, 9.17) is 26.1 Å². The highest BCUT2D eigenvalue weighted by atomic mass is 35.5. The van der Waals surface area contributed by atoms with Crippen LogP contribution in [-0.4, -0.2) is 54.8 Å². The second kappa shape index (κ2) is 8.52. The Balaban J connectivity index is 1.44. The fourth-order valence-corrected chi connectivity index (χ4v) is 4.99. The first kappa shape index (κ1) is 20.3. The van der Waals surface area contributed by atoms with Crippen LogP contribution in [0.5, 0.6) is 11.9 Å². The number of hydrogen-bond donors (Lipinski definition) is 0. The van der Waals surface area contributed by atoms with E-state index in [0.717, 1.165) is 58.7 Å². The van der Waals surface area contributed by atoms with E-state index in [1.807, 2.05) is 12.1 Å². The van der Waals surface area contributed by atoms with Crippen LogP contribution in [0.3, 0.4) is 0 Å². The lowest BCUT2D eigenvalue weighted by molar-refractivity contribution is 0.185. The number of anilines is 1. The lowest BCUT2D eigenvalue weighted by Gasteiger charge is -2.31. The third-order valence-corrected chi connectivity index (χ3v) is 6.76. The highest BCUT2D eigenvalue weighted by molar-refractivity contribution is 6.36. The molecule has 3 heterocycles. The average Bonchev–Trinajstić information content (AvgIpc) is 3.21. The summed E-state index contributed by atoms with van der Waals surface area (Å²) in [6, 6.07) is 13.2. The van der Waals surface area contributed by atoms with Crippen LogP contribution in [0.15, 0.2) is 36.4 Å². The molecule has 0 radical (unpaired) electrons. The summed E-state index contributed by atoms with van der Waals surface area (Å²) in [5.41, 5.74) is 3.15. The summed E-state index contributed by atoms with van der Waals surface area (Å²) < 4.78 is 11.6. The maximum absolute atomic E-state index is 6.57. The van der Waals surface area contributed by atoms with E-state index in [1.54, 1.807) is 7.11 Å². The van der Waals surface area contributed by atoms with Gasteiger partial charge in [0, 0.05) is 29.2 Å². The van der Waals surface area contributed by atoms with Crippen molar-refractivity contribution in [2.45, 2.75) is 31.8 Å². The Hall–Kier alpha value is -2.57. The van der Waals surface area contributed by atoms with Crippen molar-refractivity contribution in [3.05, 3.63) is 52.7 Å². The van der Waals surface area contributed by atoms with E-state index in [2.05, 4.69) is 46.1 Å². The number of likely N-dealkylation sites (tertiary alicyclic amines) is 1. The molecule has 1 fully saturated rings. The molecular weight excluding hydrogens is 412 g/mol. The van der Waals surface area contributed by atoms with Crippen molar-refractivity contribution < 1.29 is 9.47 Å². The van der Waals surface area contributed by atoms with Crippen LogP contribution in [-0.2, 0) is 13.0 Å². The van der Waals surface area contributed by atoms with Crippen LogP contribution >= 0.6 is 11.6 Å². The summed E-state index contributed by atoms with van der Waals surface area (Å²) in [7, 11) is 3.80. The summed E-state index contributed by atoms with van der Waals surface area (Å²) >= 11 is 6.57. The number of fused-ring (bicyclic) bond motifs is 2. The number of methoxy groups -OCH3 is 1. The maximum Gasteiger partial charge on any atom is 0.320 e. The molecule has 0 spiro atoms. The monoisotopic (exact) mass is 438 g/mol. The molecule has 0 amide bonds. The van der Waals surface area contributed by atoms with E-state index >= 15 is 0 Å². The standard InChI is InChI=1S/C24H27ClN4O2/c1-28-12-5-8-17(28)15-31-24-26-20-14-29(13-11-18(20)23(27-24)30-2)21-10-4-7-16-6-3-9-19(25)22(16)21/h3-4,6-7,9-10,17H,5,8,11-15H2,1-2H3. The van der Waals surface area contributed by atoms with Crippen molar-refractivity contribution in [2.75, 3.05) is 38.8 Å². The predicted molar refractivity (Wildman–Crippen MR) is 123 cm³/mol. The van der Waals surface area contributed by atoms with Crippen molar-refractivity contribution in [3.63, 3.8) is 0 Å². The van der Waals surface area contributed by atoms with Gasteiger partial charge in [-0.3, -0.25) is 0 Å². The molecule has 0 N–H and O–H groups in total. The van der Waals surface area contributed by atoms with Crippen molar-refractivity contribution in [3.8, 4) is 11.9 Å². The molecule has 6 nitrogen and oxygen atoms in total. The number of benzene rings is 2. The number of likely N-dealkylation sites (N-methyl/N-ethyl adjacent to an activating group) is 1. The van der Waals surface area contributed by atoms with Crippen molar-refractivity contribution in [1.82, 2.24) is 14.9 Å². The first-order valence-electron chi connectivity index (χ1n) is 10.8. The first-order valence-corrected chi connectivity index (χ1v) is 11.2. The Kier molecular flexibility index (Phi) is 5.59. The van der Waals surface area contributed by atoms with Gasteiger partial charge in [0.15, 0.2) is 0 Å². The van der Waals surface area contributed by atoms with E-state index < -0.39 is 0 Å². The fraction of sp³-hybridized carbons (Fsp3) is 0.417. The first-order chi connectivity index (χ1) is 15.1. The van der Waals surface area contributed by atoms with Gasteiger partial charge in [-0.15, -0.1) is 0 Å². The smallest absolute Gasteiger partial charge is 0.320 e. The number of ether oxygens (including phenoxy) is 2. The van der Waals surface area contributed by atoms with Crippen molar-refractivity contribution >= 4 is 28.1 Å². The van der Waals surface area contributed by atoms with Crippen molar-refractivity contribution in [2.24, 2.45) is 0 Å². The molecule has 0 bridgehead atoms. The van der Waals surface area contributed by atoms with Crippen LogP contribution in [0.25, 0.3) is 10.8 Å². The molecule has 1 aromatic heterocycles. The minimum atomic E-state index is 0.397. The van der Waals surface area contributed by atoms with E-state index in [1.165, 1.54) is 6.42 Å². The Labute approximate surface area is 187 Å². The lowest BCUT2D eigenvalue weighted by Crippen LogP contribution is -2.33. The topological polar surface area (TPSA) is 50.7 Å². The molecule has 0 aliphatic carbocycles. The van der Waals surface area contributed by atoms with Gasteiger partial charge < -0.3 is 19.3 Å². The maximum atomic E-state index is 6.57. The van der Waals surface area contributed by atoms with Gasteiger partial charge in [-0.25, -0.2) is 0 Å². The minimum absolute atomic E-state index is 0.397. The molecular formula is C24H27ClN4O2. The largest absolute Gasteiger partial charge is 0.481 e. The van der Waals surface area contributed by atoms with Gasteiger partial charge in [-0.2, -0.15) is 9.97 Å². The molecule has 1 saturated heterocycles. The van der Waals surface area contributed by atoms with Crippen LogP contribution in [0, 0.1) is 0 Å². The van der Waals surface area contributed by atoms with Gasteiger partial charge in [0.1, 0.15) is 6.61 Å². The quantitative estimate of drug-likeness (QED) is 0.591. The second-order valence-corrected chi connectivity index (χ2v) is 8.72. The Morgan fingerprint density at radius 3 is 2.74 bits per heavy atom. The van der Waals surface area contributed by atoms with Crippen LogP contribution in [0.4, 0.5) is 5.69 Å². The highest BCUT2D eigenvalue weighted by Crippen LogP contribution is 2.36. The van der Waals surface area contributed by atoms with Crippen LogP contribution in [0.2, 0.25) is 5.02 Å². The van der Waals surface area contributed by atoms with Gasteiger partial charge in [0.25, 0.3) is 0 Å². The molecule has 31 heavy (non-hydrogen) atoms. The second-order valence-electron chi connectivity index (χ2n) is 8.32. The molecule has 2 aliphatic rings. The summed E-state index contributed by atoms with van der Waals surface area (Å²) in [5, 5.41) is 2.99. The molecule has 2 aromatic carbocycles. The summed E-state index contributed by atoms with van der Waals surface area (Å²) in [4.78, 5) is 14.0. The average molecular weight is 439 g/mol. The van der Waals surface area contributed by atoms with E-state index in [0.29, 0.717) is 31.1 Å². The SMILES string of the molecule is COc1nc(OCC2CCCN2C)nc2c1CCN(c1cccc3cccc(Cl)c13)C2. The fourth-order valence-electron chi connectivity index (χ4n) is 4.71. The van der Waals surface area contributed by atoms with Crippen LogP contribution in [0.1, 0.15) is 24.1 Å². The van der Waals surface area contributed by atoms with Crippen molar-refractivity contribution in [1.29, 1.82) is 0 Å². The van der Waals surface area contributed by atoms with E-state index in [9.17, 15) is 0 Å². The van der Waals surface area contributed by atoms with Gasteiger partial charge >= 0.3 is 6.01 Å². The number of hydrogen-bond acceptors (Lipinski definition) is 6. The third-order valence-electron chi connectivity index (χ3n) is 6.45. The molecule has 0 saturated carbocycles. The predicted octanol–water partition coefficient (Wildman–Crippen LogP) is 4.33.